The minimum atomic E-state index is -1.26. The van der Waals surface area contributed by atoms with Crippen molar-refractivity contribution in [2.45, 2.75) is 44.2 Å². The zero-order valence-electron chi connectivity index (χ0n) is 13.6. The van der Waals surface area contributed by atoms with E-state index in [0.717, 1.165) is 30.6 Å². The molecule has 0 spiro atoms. The highest BCUT2D eigenvalue weighted by Gasteiger charge is 2.51. The third-order valence-corrected chi connectivity index (χ3v) is 5.18. The van der Waals surface area contributed by atoms with E-state index in [2.05, 4.69) is 10.6 Å². The summed E-state index contributed by atoms with van der Waals surface area (Å²) in [5, 5.41) is 5.66. The molecule has 128 valence electrons. The number of amides is 4. The zero-order valence-corrected chi connectivity index (χ0v) is 13.6. The van der Waals surface area contributed by atoms with Gasteiger partial charge in [0, 0.05) is 6.04 Å². The van der Waals surface area contributed by atoms with E-state index in [9.17, 15) is 14.4 Å². The summed E-state index contributed by atoms with van der Waals surface area (Å²) in [7, 11) is 0. The van der Waals surface area contributed by atoms with E-state index >= 15 is 0 Å². The normalized spacial score (nSPS) is 26.8. The minimum absolute atomic E-state index is 0.203. The molecule has 4 amide bonds. The quantitative estimate of drug-likeness (QED) is 0.770. The Hall–Kier alpha value is -2.31. The Morgan fingerprint density at radius 1 is 1.38 bits per heavy atom. The number of nitrogens with one attached hydrogen (secondary N) is 2. The lowest BCUT2D eigenvalue weighted by Gasteiger charge is -2.21. The van der Waals surface area contributed by atoms with E-state index in [1.54, 1.807) is 19.1 Å². The second-order valence-corrected chi connectivity index (χ2v) is 7.19. The van der Waals surface area contributed by atoms with Gasteiger partial charge in [-0.3, -0.25) is 14.5 Å². The molecule has 2 aliphatic carbocycles. The Balaban J connectivity index is 1.43. The van der Waals surface area contributed by atoms with Crippen molar-refractivity contribution in [3.8, 4) is 0 Å². The van der Waals surface area contributed by atoms with Crippen LogP contribution < -0.4 is 10.6 Å². The monoisotopic (exact) mass is 331 g/mol. The van der Waals surface area contributed by atoms with Gasteiger partial charge in [0.2, 0.25) is 5.91 Å². The first-order valence-corrected chi connectivity index (χ1v) is 8.46. The van der Waals surface area contributed by atoms with Crippen molar-refractivity contribution in [3.05, 3.63) is 24.2 Å². The Morgan fingerprint density at radius 3 is 2.58 bits per heavy atom. The van der Waals surface area contributed by atoms with Gasteiger partial charge in [0.25, 0.3) is 5.91 Å². The number of hydrogen-bond donors (Lipinski definition) is 2. The first-order chi connectivity index (χ1) is 11.5. The van der Waals surface area contributed by atoms with Gasteiger partial charge in [0.1, 0.15) is 12.3 Å². The summed E-state index contributed by atoms with van der Waals surface area (Å²) in [6.45, 7) is 1.33. The van der Waals surface area contributed by atoms with Gasteiger partial charge in [-0.25, -0.2) is 4.79 Å². The molecule has 1 unspecified atom stereocenters. The van der Waals surface area contributed by atoms with Crippen LogP contribution in [-0.4, -0.2) is 35.3 Å². The smallest absolute Gasteiger partial charge is 0.325 e. The molecule has 3 aliphatic rings. The number of carbonyl (C=O) groups is 3. The lowest BCUT2D eigenvalue weighted by atomic mass is 9.99. The van der Waals surface area contributed by atoms with Crippen LogP contribution in [0.15, 0.2) is 22.8 Å². The fourth-order valence-electron chi connectivity index (χ4n) is 3.48. The number of furan rings is 1. The largest absolute Gasteiger partial charge is 0.466 e. The summed E-state index contributed by atoms with van der Waals surface area (Å²) in [6, 6.07) is 2.93. The highest BCUT2D eigenvalue weighted by molar-refractivity contribution is 6.08. The molecule has 0 aromatic carbocycles. The molecule has 1 aromatic heterocycles. The van der Waals surface area contributed by atoms with Crippen LogP contribution in [0.3, 0.4) is 0 Å². The molecule has 3 fully saturated rings. The molecule has 1 aromatic rings. The molecule has 1 saturated heterocycles. The first kappa shape index (κ1) is 15.2. The number of urea groups is 1. The predicted octanol–water partition coefficient (Wildman–Crippen LogP) is 1.35. The summed E-state index contributed by atoms with van der Waals surface area (Å²) < 4.78 is 5.27. The molecule has 4 rings (SSSR count). The molecule has 1 aliphatic heterocycles. The van der Waals surface area contributed by atoms with Crippen molar-refractivity contribution in [2.24, 2.45) is 11.8 Å². The Labute approximate surface area is 139 Å². The number of carbonyl (C=O) groups excluding carboxylic acids is 3. The fraction of sp³-hybridized carbons (Fsp3) is 0.588. The van der Waals surface area contributed by atoms with Crippen LogP contribution in [0.4, 0.5) is 4.79 Å². The molecular formula is C17H21N3O4. The van der Waals surface area contributed by atoms with Crippen LogP contribution in [0, 0.1) is 11.8 Å². The van der Waals surface area contributed by atoms with Crippen molar-refractivity contribution >= 4 is 17.8 Å². The van der Waals surface area contributed by atoms with Crippen LogP contribution >= 0.6 is 0 Å². The highest BCUT2D eigenvalue weighted by Crippen LogP contribution is 2.44. The van der Waals surface area contributed by atoms with Crippen molar-refractivity contribution in [2.75, 3.05) is 6.54 Å². The Bertz CT molecular complexity index is 666. The van der Waals surface area contributed by atoms with Crippen molar-refractivity contribution in [3.63, 3.8) is 0 Å². The lowest BCUT2D eigenvalue weighted by molar-refractivity contribution is -0.135. The zero-order chi connectivity index (χ0) is 16.9. The van der Waals surface area contributed by atoms with E-state index in [1.165, 1.54) is 6.26 Å². The topological polar surface area (TPSA) is 91.7 Å². The second kappa shape index (κ2) is 5.36. The van der Waals surface area contributed by atoms with Gasteiger partial charge in [-0.15, -0.1) is 0 Å². The van der Waals surface area contributed by atoms with E-state index in [1.807, 2.05) is 0 Å². The highest BCUT2D eigenvalue weighted by atomic mass is 16.3. The Morgan fingerprint density at radius 2 is 2.04 bits per heavy atom. The minimum Gasteiger partial charge on any atom is -0.466 e. The maximum atomic E-state index is 12.7. The van der Waals surface area contributed by atoms with Crippen LogP contribution in [-0.2, 0) is 15.1 Å². The molecule has 7 heteroatoms. The fourth-order valence-corrected chi connectivity index (χ4v) is 3.48. The molecule has 0 bridgehead atoms. The molecule has 24 heavy (non-hydrogen) atoms. The van der Waals surface area contributed by atoms with Gasteiger partial charge >= 0.3 is 6.03 Å². The number of imide groups is 1. The lowest BCUT2D eigenvalue weighted by Crippen LogP contribution is -2.46. The van der Waals surface area contributed by atoms with Gasteiger partial charge in [-0.05, 0) is 56.6 Å². The van der Waals surface area contributed by atoms with Crippen LogP contribution in [0.2, 0.25) is 0 Å². The molecule has 0 radical (unpaired) electrons. The van der Waals surface area contributed by atoms with E-state index in [4.69, 9.17) is 4.42 Å². The molecular weight excluding hydrogens is 310 g/mol. The number of hydrogen-bond acceptors (Lipinski definition) is 4. The molecule has 2 heterocycles. The molecule has 7 nitrogen and oxygen atoms in total. The summed E-state index contributed by atoms with van der Waals surface area (Å²) in [6.07, 6.45) is 6.07. The van der Waals surface area contributed by atoms with E-state index < -0.39 is 17.5 Å². The number of nitrogens with zero attached hydrogens (tertiary/aromatic N) is 1. The van der Waals surface area contributed by atoms with Crippen molar-refractivity contribution < 1.29 is 18.8 Å². The third kappa shape index (κ3) is 2.57. The van der Waals surface area contributed by atoms with Crippen molar-refractivity contribution in [1.29, 1.82) is 0 Å². The van der Waals surface area contributed by atoms with Crippen LogP contribution in [0.5, 0.6) is 0 Å². The first-order valence-electron chi connectivity index (χ1n) is 8.46. The average Bonchev–Trinajstić information content (AvgIpc) is 3.47. The van der Waals surface area contributed by atoms with Gasteiger partial charge in [0.05, 0.1) is 6.26 Å². The Kier molecular flexibility index (Phi) is 3.40. The van der Waals surface area contributed by atoms with Gasteiger partial charge < -0.3 is 15.1 Å². The SMILES string of the molecule is CC1(c2ccco2)NC(=O)N(CC(=O)NC(C2CC2)C2CC2)C1=O. The third-order valence-electron chi connectivity index (χ3n) is 5.18. The summed E-state index contributed by atoms with van der Waals surface area (Å²) in [5.41, 5.74) is -1.26. The molecule has 2 saturated carbocycles. The van der Waals surface area contributed by atoms with E-state index in [-0.39, 0.29) is 18.5 Å². The number of rotatable bonds is 6. The maximum Gasteiger partial charge on any atom is 0.325 e. The summed E-state index contributed by atoms with van der Waals surface area (Å²) in [5.74, 6) is 0.756. The van der Waals surface area contributed by atoms with Crippen LogP contribution in [0.1, 0.15) is 38.4 Å². The van der Waals surface area contributed by atoms with Crippen molar-refractivity contribution in [1.82, 2.24) is 15.5 Å². The molecule has 2 N–H and O–H groups in total. The van der Waals surface area contributed by atoms with Gasteiger partial charge in [0.15, 0.2) is 5.54 Å². The maximum absolute atomic E-state index is 12.7. The van der Waals surface area contributed by atoms with Crippen LogP contribution in [0.25, 0.3) is 0 Å². The van der Waals surface area contributed by atoms with Gasteiger partial charge in [-0.1, -0.05) is 0 Å². The van der Waals surface area contributed by atoms with Gasteiger partial charge in [-0.2, -0.15) is 0 Å². The predicted molar refractivity (Wildman–Crippen MR) is 83.7 cm³/mol. The summed E-state index contributed by atoms with van der Waals surface area (Å²) in [4.78, 5) is 38.2. The van der Waals surface area contributed by atoms with E-state index in [0.29, 0.717) is 17.6 Å². The summed E-state index contributed by atoms with van der Waals surface area (Å²) >= 11 is 0. The average molecular weight is 331 g/mol. The second-order valence-electron chi connectivity index (χ2n) is 7.19. The standard InChI is InChI=1S/C17H21N3O4/c1-17(12-3-2-8-24-12)15(22)20(16(23)19-17)9-13(21)18-14(10-4-5-10)11-6-7-11/h2-3,8,10-11,14H,4-7,9H2,1H3,(H,18,21)(H,19,23). The molecule has 1 atom stereocenters.